The van der Waals surface area contributed by atoms with Crippen molar-refractivity contribution in [1.29, 1.82) is 0 Å². The number of benzene rings is 4. The number of halogens is 6. The third-order valence-electron chi connectivity index (χ3n) is 10.8. The molecule has 2 amide bonds. The van der Waals surface area contributed by atoms with E-state index in [4.69, 9.17) is 18.9 Å². The number of nitrogens with zero attached hydrogens (tertiary/aromatic N) is 2. The molecule has 1 heterocycles. The molecule has 0 unspecified atom stereocenters. The zero-order valence-electron chi connectivity index (χ0n) is 36.5. The van der Waals surface area contributed by atoms with Crippen molar-refractivity contribution in [2.45, 2.75) is 114 Å². The minimum absolute atomic E-state index is 0.173. The van der Waals surface area contributed by atoms with E-state index < -0.39 is 69.9 Å². The first-order chi connectivity index (χ1) is 29.2. The molecular formula is C47H60F6N2O5Si2. The van der Waals surface area contributed by atoms with Crippen LogP contribution in [0.2, 0.25) is 51.4 Å². The molecule has 15 heteroatoms. The van der Waals surface area contributed by atoms with Gasteiger partial charge in [-0.15, -0.1) is 0 Å². The number of rotatable bonds is 20. The Labute approximate surface area is 364 Å². The molecule has 0 bridgehead atoms. The molecule has 0 radical (unpaired) electrons. The first kappa shape index (κ1) is 49.0. The summed E-state index contributed by atoms with van der Waals surface area (Å²) >= 11 is 0. The maximum atomic E-state index is 15.6. The highest BCUT2D eigenvalue weighted by molar-refractivity contribution is 6.76. The van der Waals surface area contributed by atoms with Crippen LogP contribution in [0.1, 0.15) is 33.4 Å². The summed E-state index contributed by atoms with van der Waals surface area (Å²) in [5.74, 6) is 0. The Kier molecular flexibility index (Phi) is 17.1. The first-order valence-electron chi connectivity index (χ1n) is 21.0. The van der Waals surface area contributed by atoms with E-state index in [1.54, 1.807) is 0 Å². The Morgan fingerprint density at radius 3 is 1.21 bits per heavy atom. The molecule has 4 aromatic rings. The standard InChI is InChI=1S/C47H60F6N2O5Si2/c1-61(2,3)25-23-57-33-59-43-41(29-35-15-9-7-10-16-35)54(31-37-19-13-21-39(27-37)46(48,49)50)45(56)55(32-38-20-14-22-40(28-38)47(51,52)53)42(30-36-17-11-8-12-18-36)44(43)60-34-58-24-26-62(4,5)6/h7-22,27-28,41-44H,23-26,29-34H2,1-6H3/t41-,42-,43+,44+/m1/s1. The predicted molar refractivity (Wildman–Crippen MR) is 235 cm³/mol. The summed E-state index contributed by atoms with van der Waals surface area (Å²) in [5.41, 5.74) is 0.320. The number of urea groups is 1. The Bertz CT molecular complexity index is 1850. The number of hydrogen-bond donors (Lipinski definition) is 0. The summed E-state index contributed by atoms with van der Waals surface area (Å²) < 4.78 is 111. The monoisotopic (exact) mass is 902 g/mol. The van der Waals surface area contributed by atoms with E-state index in [-0.39, 0.29) is 50.6 Å². The molecule has 4 aromatic carbocycles. The SMILES string of the molecule is C[Si](C)(C)CCOCO[C@@H]1[C@@H](OCOCC[Si](C)(C)C)[C@@H](Cc2ccccc2)N(Cc2cccc(C(F)(F)F)c2)C(=O)N(Cc2cccc(C(F)(F)F)c2)[C@@H]1Cc1ccccc1. The van der Waals surface area contributed by atoms with E-state index in [9.17, 15) is 26.3 Å². The van der Waals surface area contributed by atoms with Crippen molar-refractivity contribution in [3.8, 4) is 0 Å². The van der Waals surface area contributed by atoms with Crippen LogP contribution in [0.5, 0.6) is 0 Å². The third-order valence-corrected chi connectivity index (χ3v) is 14.3. The molecule has 0 aromatic heterocycles. The summed E-state index contributed by atoms with van der Waals surface area (Å²) in [6.45, 7) is 13.4. The highest BCUT2D eigenvalue weighted by Gasteiger charge is 2.49. The number of amides is 2. The second kappa shape index (κ2) is 21.6. The van der Waals surface area contributed by atoms with Gasteiger partial charge in [-0.05, 0) is 71.4 Å². The molecule has 62 heavy (non-hydrogen) atoms. The summed E-state index contributed by atoms with van der Waals surface area (Å²) in [5, 5.41) is 0. The van der Waals surface area contributed by atoms with Crippen LogP contribution < -0.4 is 0 Å². The van der Waals surface area contributed by atoms with Gasteiger partial charge < -0.3 is 28.7 Å². The molecule has 0 saturated carbocycles. The Morgan fingerprint density at radius 2 is 0.871 bits per heavy atom. The Balaban J connectivity index is 1.71. The maximum Gasteiger partial charge on any atom is 0.416 e. The molecule has 1 aliphatic heterocycles. The van der Waals surface area contributed by atoms with Gasteiger partial charge in [-0.1, -0.05) is 124 Å². The number of hydrogen-bond acceptors (Lipinski definition) is 5. The number of carbonyl (C=O) groups is 1. The minimum Gasteiger partial charge on any atom is -0.356 e. The van der Waals surface area contributed by atoms with Crippen LogP contribution in [-0.4, -0.2) is 83.1 Å². The molecular weight excluding hydrogens is 843 g/mol. The zero-order chi connectivity index (χ0) is 45.1. The van der Waals surface area contributed by atoms with Crippen molar-refractivity contribution in [2.75, 3.05) is 26.8 Å². The van der Waals surface area contributed by atoms with Crippen molar-refractivity contribution in [3.05, 3.63) is 143 Å². The summed E-state index contributed by atoms with van der Waals surface area (Å²) in [7, 11) is -3.00. The Morgan fingerprint density at radius 1 is 0.516 bits per heavy atom. The van der Waals surface area contributed by atoms with Crippen LogP contribution in [0.15, 0.2) is 109 Å². The summed E-state index contributed by atoms with van der Waals surface area (Å²) in [6.07, 6.45) is -10.8. The van der Waals surface area contributed by atoms with Gasteiger partial charge in [-0.2, -0.15) is 26.3 Å². The van der Waals surface area contributed by atoms with Crippen LogP contribution in [0.3, 0.4) is 0 Å². The Hall–Kier alpha value is -4.00. The average Bonchev–Trinajstić information content (AvgIpc) is 3.27. The van der Waals surface area contributed by atoms with Gasteiger partial charge in [0.05, 0.1) is 23.2 Å². The molecule has 1 fully saturated rings. The largest absolute Gasteiger partial charge is 0.416 e. The van der Waals surface area contributed by atoms with Crippen molar-refractivity contribution in [1.82, 2.24) is 9.80 Å². The van der Waals surface area contributed by atoms with Gasteiger partial charge in [-0.3, -0.25) is 0 Å². The number of ether oxygens (including phenoxy) is 4. The van der Waals surface area contributed by atoms with Gasteiger partial charge >= 0.3 is 18.4 Å². The van der Waals surface area contributed by atoms with Gasteiger partial charge in [0.1, 0.15) is 25.8 Å². The van der Waals surface area contributed by atoms with Crippen molar-refractivity contribution in [3.63, 3.8) is 0 Å². The quantitative estimate of drug-likeness (QED) is 0.0383. The summed E-state index contributed by atoms with van der Waals surface area (Å²) in [4.78, 5) is 18.6. The van der Waals surface area contributed by atoms with Gasteiger partial charge in [0.2, 0.25) is 0 Å². The van der Waals surface area contributed by atoms with E-state index in [0.717, 1.165) is 47.5 Å². The van der Waals surface area contributed by atoms with Gasteiger partial charge in [0.25, 0.3) is 0 Å². The molecule has 0 N–H and O–H groups in total. The minimum atomic E-state index is -4.65. The fraction of sp³-hybridized carbons (Fsp3) is 0.468. The van der Waals surface area contributed by atoms with Crippen LogP contribution in [0.4, 0.5) is 31.1 Å². The lowest BCUT2D eigenvalue weighted by molar-refractivity contribution is -0.188. The van der Waals surface area contributed by atoms with Crippen molar-refractivity contribution in [2.24, 2.45) is 0 Å². The number of carbonyl (C=O) groups excluding carboxylic acids is 1. The smallest absolute Gasteiger partial charge is 0.356 e. The maximum absolute atomic E-state index is 15.6. The fourth-order valence-corrected chi connectivity index (χ4v) is 8.91. The lowest BCUT2D eigenvalue weighted by Crippen LogP contribution is -2.53. The second-order valence-corrected chi connectivity index (χ2v) is 29.6. The van der Waals surface area contributed by atoms with E-state index in [2.05, 4.69) is 39.3 Å². The van der Waals surface area contributed by atoms with Gasteiger partial charge in [0, 0.05) is 42.5 Å². The van der Waals surface area contributed by atoms with Crippen LogP contribution in [0, 0.1) is 0 Å². The molecule has 4 atom stereocenters. The molecule has 5 rings (SSSR count). The van der Waals surface area contributed by atoms with Crippen molar-refractivity contribution < 1.29 is 50.1 Å². The molecule has 0 spiro atoms. The van der Waals surface area contributed by atoms with Crippen LogP contribution in [0.25, 0.3) is 0 Å². The van der Waals surface area contributed by atoms with E-state index >= 15 is 4.79 Å². The van der Waals surface area contributed by atoms with Gasteiger partial charge in [-0.25, -0.2) is 4.79 Å². The first-order valence-corrected chi connectivity index (χ1v) is 28.5. The van der Waals surface area contributed by atoms with Crippen molar-refractivity contribution >= 4 is 22.2 Å². The molecule has 0 aliphatic carbocycles. The van der Waals surface area contributed by atoms with E-state index in [1.807, 2.05) is 60.7 Å². The predicted octanol–water partition coefficient (Wildman–Crippen LogP) is 11.8. The second-order valence-electron chi connectivity index (χ2n) is 18.4. The van der Waals surface area contributed by atoms with E-state index in [0.29, 0.717) is 13.2 Å². The van der Waals surface area contributed by atoms with Crippen LogP contribution in [-0.2, 0) is 57.2 Å². The molecule has 1 aliphatic rings. The highest BCUT2D eigenvalue weighted by Crippen LogP contribution is 2.36. The lowest BCUT2D eigenvalue weighted by Gasteiger charge is -2.38. The average molecular weight is 903 g/mol. The fourth-order valence-electron chi connectivity index (χ4n) is 7.40. The highest BCUT2D eigenvalue weighted by atomic mass is 28.3. The topological polar surface area (TPSA) is 60.5 Å². The van der Waals surface area contributed by atoms with E-state index in [1.165, 1.54) is 34.1 Å². The third kappa shape index (κ3) is 15.1. The molecule has 7 nitrogen and oxygen atoms in total. The van der Waals surface area contributed by atoms with Crippen LogP contribution >= 0.6 is 0 Å². The lowest BCUT2D eigenvalue weighted by atomic mass is 9.90. The van der Waals surface area contributed by atoms with Gasteiger partial charge in [0.15, 0.2) is 0 Å². The summed E-state index contributed by atoms with van der Waals surface area (Å²) in [6, 6.07) is 27.8. The molecule has 1 saturated heterocycles. The zero-order valence-corrected chi connectivity index (χ0v) is 38.5. The molecule has 338 valence electrons. The number of alkyl halides is 6. The normalized spacial score (nSPS) is 19.2.